The summed E-state index contributed by atoms with van der Waals surface area (Å²) in [7, 11) is 0. The molecule has 2 aromatic heterocycles. The van der Waals surface area contributed by atoms with Crippen molar-refractivity contribution in [1.82, 2.24) is 9.38 Å². The van der Waals surface area contributed by atoms with Crippen LogP contribution in [0.5, 0.6) is 0 Å². The monoisotopic (exact) mass is 201 g/mol. The highest BCUT2D eigenvalue weighted by atomic mass is 14.9. The smallest absolute Gasteiger partial charge is 0.0990 e. The average molecular weight is 201 g/mol. The summed E-state index contributed by atoms with van der Waals surface area (Å²) in [6.07, 6.45) is 10.4. The molecule has 0 aliphatic heterocycles. The molecule has 1 fully saturated rings. The van der Waals surface area contributed by atoms with E-state index in [0.29, 0.717) is 0 Å². The van der Waals surface area contributed by atoms with Crippen LogP contribution in [0.4, 0.5) is 0 Å². The predicted octanol–water partition coefficient (Wildman–Crippen LogP) is 2.06. The molecule has 2 aromatic rings. The van der Waals surface area contributed by atoms with Crippen LogP contribution in [-0.2, 0) is 5.54 Å². The summed E-state index contributed by atoms with van der Waals surface area (Å²) in [5.41, 5.74) is 8.84. The number of fused-ring (bicyclic) bond motifs is 1. The van der Waals surface area contributed by atoms with Crippen molar-refractivity contribution in [2.24, 2.45) is 5.73 Å². The third kappa shape index (κ3) is 1.27. The first-order valence-corrected chi connectivity index (χ1v) is 5.50. The van der Waals surface area contributed by atoms with Crippen molar-refractivity contribution in [2.45, 2.75) is 31.2 Å². The van der Waals surface area contributed by atoms with E-state index in [1.165, 1.54) is 23.9 Å². The van der Waals surface area contributed by atoms with Gasteiger partial charge in [0.05, 0.1) is 11.8 Å². The lowest BCUT2D eigenvalue weighted by atomic mass is 9.90. The van der Waals surface area contributed by atoms with Gasteiger partial charge in [0.15, 0.2) is 0 Å². The van der Waals surface area contributed by atoms with E-state index in [9.17, 15) is 0 Å². The van der Waals surface area contributed by atoms with Crippen molar-refractivity contribution in [3.63, 3.8) is 0 Å². The Labute approximate surface area is 88.9 Å². The van der Waals surface area contributed by atoms with Gasteiger partial charge in [-0.05, 0) is 30.5 Å². The molecule has 0 radical (unpaired) electrons. The average Bonchev–Trinajstić information content (AvgIpc) is 2.84. The predicted molar refractivity (Wildman–Crippen MR) is 59.5 cm³/mol. The van der Waals surface area contributed by atoms with Crippen LogP contribution in [-0.4, -0.2) is 9.38 Å². The molecule has 0 spiro atoms. The third-order valence-corrected chi connectivity index (χ3v) is 3.50. The number of hydrogen-bond donors (Lipinski definition) is 1. The Balaban J connectivity index is 2.18. The van der Waals surface area contributed by atoms with Crippen molar-refractivity contribution >= 4 is 5.52 Å². The second kappa shape index (κ2) is 3.07. The van der Waals surface area contributed by atoms with Crippen LogP contribution in [0.3, 0.4) is 0 Å². The highest BCUT2D eigenvalue weighted by molar-refractivity contribution is 5.58. The molecule has 3 heteroatoms. The first-order chi connectivity index (χ1) is 7.30. The minimum absolute atomic E-state index is 0.101. The normalized spacial score (nSPS) is 19.8. The number of rotatable bonds is 1. The molecule has 0 saturated heterocycles. The summed E-state index contributed by atoms with van der Waals surface area (Å²) in [6, 6.07) is 4.19. The van der Waals surface area contributed by atoms with Crippen molar-refractivity contribution in [2.75, 3.05) is 0 Å². The Hall–Kier alpha value is -1.35. The van der Waals surface area contributed by atoms with Gasteiger partial charge in [0.1, 0.15) is 0 Å². The maximum absolute atomic E-state index is 6.46. The largest absolute Gasteiger partial charge is 0.321 e. The van der Waals surface area contributed by atoms with Gasteiger partial charge in [0.2, 0.25) is 0 Å². The molecule has 0 bridgehead atoms. The van der Waals surface area contributed by atoms with Crippen LogP contribution in [0.2, 0.25) is 0 Å². The molecule has 1 aliphatic rings. The van der Waals surface area contributed by atoms with Crippen LogP contribution in [0.25, 0.3) is 5.52 Å². The highest BCUT2D eigenvalue weighted by Gasteiger charge is 2.32. The van der Waals surface area contributed by atoms with Gasteiger partial charge in [-0.15, -0.1) is 0 Å². The van der Waals surface area contributed by atoms with E-state index in [1.54, 1.807) is 0 Å². The van der Waals surface area contributed by atoms with E-state index < -0.39 is 0 Å². The molecule has 78 valence electrons. The van der Waals surface area contributed by atoms with Crippen molar-refractivity contribution < 1.29 is 0 Å². The molecule has 2 heterocycles. The fourth-order valence-corrected chi connectivity index (χ4v) is 2.66. The Morgan fingerprint density at radius 2 is 2.07 bits per heavy atom. The summed E-state index contributed by atoms with van der Waals surface area (Å²) in [4.78, 5) is 4.10. The minimum atomic E-state index is -0.101. The first-order valence-electron chi connectivity index (χ1n) is 5.50. The maximum Gasteiger partial charge on any atom is 0.0990 e. The van der Waals surface area contributed by atoms with Crippen LogP contribution in [0.15, 0.2) is 30.9 Å². The number of nitrogens with zero attached hydrogens (tertiary/aromatic N) is 2. The van der Waals surface area contributed by atoms with Gasteiger partial charge < -0.3 is 10.1 Å². The standard InChI is InChI=1S/C12H15N3/c13-12(5-1-2-6-12)10-4-8-15-9-14-7-3-11(10)15/h3-4,7-9H,1-2,5-6,13H2. The van der Waals surface area contributed by atoms with Gasteiger partial charge in [0.25, 0.3) is 0 Å². The summed E-state index contributed by atoms with van der Waals surface area (Å²) in [6.45, 7) is 0. The van der Waals surface area contributed by atoms with Crippen molar-refractivity contribution in [1.29, 1.82) is 0 Å². The van der Waals surface area contributed by atoms with Gasteiger partial charge in [0, 0.05) is 17.9 Å². The molecule has 1 aliphatic carbocycles. The number of aromatic nitrogens is 2. The molecule has 1 saturated carbocycles. The van der Waals surface area contributed by atoms with Crippen LogP contribution < -0.4 is 5.73 Å². The molecule has 0 unspecified atom stereocenters. The van der Waals surface area contributed by atoms with E-state index in [4.69, 9.17) is 5.73 Å². The summed E-state index contributed by atoms with van der Waals surface area (Å²) >= 11 is 0. The number of nitrogens with two attached hydrogens (primary N) is 1. The third-order valence-electron chi connectivity index (χ3n) is 3.50. The van der Waals surface area contributed by atoms with Crippen molar-refractivity contribution in [3.8, 4) is 0 Å². The second-order valence-corrected chi connectivity index (χ2v) is 4.47. The molecule has 15 heavy (non-hydrogen) atoms. The maximum atomic E-state index is 6.46. The van der Waals surface area contributed by atoms with Crippen LogP contribution >= 0.6 is 0 Å². The SMILES string of the molecule is NC1(c2ccn3cnccc23)CCCC1. The minimum Gasteiger partial charge on any atom is -0.321 e. The second-order valence-electron chi connectivity index (χ2n) is 4.47. The van der Waals surface area contributed by atoms with E-state index in [-0.39, 0.29) is 5.54 Å². The Morgan fingerprint density at radius 3 is 2.87 bits per heavy atom. The van der Waals surface area contributed by atoms with Gasteiger partial charge >= 0.3 is 0 Å². The fourth-order valence-electron chi connectivity index (χ4n) is 2.66. The fraction of sp³-hybridized carbons (Fsp3) is 0.417. The van der Waals surface area contributed by atoms with E-state index in [1.807, 2.05) is 29.2 Å². The molecule has 0 aromatic carbocycles. The quantitative estimate of drug-likeness (QED) is 0.767. The van der Waals surface area contributed by atoms with Gasteiger partial charge in [-0.25, -0.2) is 4.98 Å². The Bertz CT molecular complexity index is 480. The van der Waals surface area contributed by atoms with E-state index in [2.05, 4.69) is 11.1 Å². The first kappa shape index (κ1) is 8.92. The van der Waals surface area contributed by atoms with Crippen molar-refractivity contribution in [3.05, 3.63) is 36.4 Å². The van der Waals surface area contributed by atoms with Crippen LogP contribution in [0, 0.1) is 0 Å². The highest BCUT2D eigenvalue weighted by Crippen LogP contribution is 2.38. The summed E-state index contributed by atoms with van der Waals surface area (Å²) in [5, 5.41) is 0. The molecule has 3 nitrogen and oxygen atoms in total. The zero-order valence-corrected chi connectivity index (χ0v) is 8.69. The Kier molecular flexibility index (Phi) is 1.83. The molecular weight excluding hydrogens is 186 g/mol. The van der Waals surface area contributed by atoms with Gasteiger partial charge in [-0.2, -0.15) is 0 Å². The van der Waals surface area contributed by atoms with Gasteiger partial charge in [-0.1, -0.05) is 12.8 Å². The zero-order chi connectivity index (χ0) is 10.3. The molecule has 0 amide bonds. The molecule has 0 atom stereocenters. The topological polar surface area (TPSA) is 43.3 Å². The Morgan fingerprint density at radius 1 is 1.27 bits per heavy atom. The van der Waals surface area contributed by atoms with E-state index in [0.717, 1.165) is 12.8 Å². The van der Waals surface area contributed by atoms with Gasteiger partial charge in [-0.3, -0.25) is 0 Å². The lowest BCUT2D eigenvalue weighted by Gasteiger charge is -2.23. The summed E-state index contributed by atoms with van der Waals surface area (Å²) in [5.74, 6) is 0. The zero-order valence-electron chi connectivity index (χ0n) is 8.69. The molecular formula is C12H15N3. The van der Waals surface area contributed by atoms with E-state index >= 15 is 0 Å². The summed E-state index contributed by atoms with van der Waals surface area (Å²) < 4.78 is 2.04. The van der Waals surface area contributed by atoms with Crippen LogP contribution in [0.1, 0.15) is 31.2 Å². The molecule has 3 rings (SSSR count). The lowest BCUT2D eigenvalue weighted by molar-refractivity contribution is 0.466. The molecule has 2 N–H and O–H groups in total. The number of hydrogen-bond acceptors (Lipinski definition) is 2. The lowest BCUT2D eigenvalue weighted by Crippen LogP contribution is -2.32.